The van der Waals surface area contributed by atoms with Gasteiger partial charge in [-0.15, -0.1) is 11.3 Å². The number of methoxy groups -OCH3 is 1. The number of nitrogens with zero attached hydrogens (tertiary/aromatic N) is 1. The number of ether oxygens (including phenoxy) is 2. The van der Waals surface area contributed by atoms with Crippen LogP contribution in [0.15, 0.2) is 24.3 Å². The zero-order valence-corrected chi connectivity index (χ0v) is 12.3. The van der Waals surface area contributed by atoms with Crippen molar-refractivity contribution in [3.8, 4) is 5.75 Å². The summed E-state index contributed by atoms with van der Waals surface area (Å²) in [4.78, 5) is 5.87. The zero-order valence-electron chi connectivity index (χ0n) is 11.5. The first-order valence-corrected chi connectivity index (χ1v) is 7.54. The molecule has 106 valence electrons. The highest BCUT2D eigenvalue weighted by Gasteiger charge is 2.26. The molecule has 1 aliphatic heterocycles. The average molecular weight is 290 g/mol. The lowest BCUT2D eigenvalue weighted by molar-refractivity contribution is 0.181. The van der Waals surface area contributed by atoms with Gasteiger partial charge in [-0.05, 0) is 12.5 Å². The van der Waals surface area contributed by atoms with E-state index in [4.69, 9.17) is 20.2 Å². The van der Waals surface area contributed by atoms with Gasteiger partial charge in [-0.2, -0.15) is 0 Å². The molecule has 5 heteroatoms. The van der Waals surface area contributed by atoms with Crippen molar-refractivity contribution in [1.29, 1.82) is 0 Å². The normalized spacial score (nSPS) is 17.6. The fourth-order valence-electron chi connectivity index (χ4n) is 2.56. The van der Waals surface area contributed by atoms with Crippen molar-refractivity contribution >= 4 is 11.3 Å². The van der Waals surface area contributed by atoms with Gasteiger partial charge in [-0.1, -0.05) is 18.2 Å². The second-order valence-electron chi connectivity index (χ2n) is 4.79. The third-order valence-corrected chi connectivity index (χ3v) is 4.75. The number of hydrogen-bond donors (Lipinski definition) is 1. The summed E-state index contributed by atoms with van der Waals surface area (Å²) in [7, 11) is 1.68. The molecule has 20 heavy (non-hydrogen) atoms. The number of fused-ring (bicyclic) bond motifs is 1. The Kier molecular flexibility index (Phi) is 4.00. The first kappa shape index (κ1) is 13.5. The SMILES string of the molecule is COCc1nc(C2CCOc3ccccc32)sc1CN. The highest BCUT2D eigenvalue weighted by atomic mass is 32.1. The molecular formula is C15H18N2O2S. The monoisotopic (exact) mass is 290 g/mol. The maximum atomic E-state index is 5.81. The maximum absolute atomic E-state index is 5.81. The number of nitrogens with two attached hydrogens (primary N) is 1. The van der Waals surface area contributed by atoms with Crippen LogP contribution in [0, 0.1) is 0 Å². The molecule has 1 atom stereocenters. The summed E-state index contributed by atoms with van der Waals surface area (Å²) in [6, 6.07) is 8.20. The molecule has 0 fully saturated rings. The molecule has 3 rings (SSSR count). The summed E-state index contributed by atoms with van der Waals surface area (Å²) in [6.07, 6.45) is 0.959. The van der Waals surface area contributed by atoms with Crippen molar-refractivity contribution in [3.63, 3.8) is 0 Å². The highest BCUT2D eigenvalue weighted by molar-refractivity contribution is 7.11. The van der Waals surface area contributed by atoms with Crippen LogP contribution in [0.4, 0.5) is 0 Å². The molecule has 0 amide bonds. The molecule has 0 bridgehead atoms. The van der Waals surface area contributed by atoms with Gasteiger partial charge >= 0.3 is 0 Å². The van der Waals surface area contributed by atoms with Crippen molar-refractivity contribution in [2.45, 2.75) is 25.5 Å². The van der Waals surface area contributed by atoms with Crippen molar-refractivity contribution in [2.75, 3.05) is 13.7 Å². The highest BCUT2D eigenvalue weighted by Crippen LogP contribution is 2.40. The van der Waals surface area contributed by atoms with E-state index >= 15 is 0 Å². The van der Waals surface area contributed by atoms with E-state index in [1.54, 1.807) is 18.4 Å². The predicted molar refractivity (Wildman–Crippen MR) is 79.1 cm³/mol. The molecule has 1 aromatic carbocycles. The summed E-state index contributed by atoms with van der Waals surface area (Å²) in [5.41, 5.74) is 8.00. The first-order valence-electron chi connectivity index (χ1n) is 6.72. The standard InChI is InChI=1S/C15H18N2O2S/c1-18-9-12-14(8-16)20-15(17-12)11-6-7-19-13-5-3-2-4-10(11)13/h2-5,11H,6-9,16H2,1H3. The number of rotatable bonds is 4. The molecule has 2 heterocycles. The van der Waals surface area contributed by atoms with Gasteiger partial charge in [-0.25, -0.2) is 4.98 Å². The molecule has 0 aliphatic carbocycles. The van der Waals surface area contributed by atoms with Gasteiger partial charge < -0.3 is 15.2 Å². The van der Waals surface area contributed by atoms with E-state index in [9.17, 15) is 0 Å². The third kappa shape index (κ3) is 2.44. The largest absolute Gasteiger partial charge is 0.493 e. The van der Waals surface area contributed by atoms with Gasteiger partial charge in [0.15, 0.2) is 0 Å². The van der Waals surface area contributed by atoms with Crippen molar-refractivity contribution < 1.29 is 9.47 Å². The van der Waals surface area contributed by atoms with E-state index in [0.29, 0.717) is 19.1 Å². The average Bonchev–Trinajstić information content (AvgIpc) is 2.90. The smallest absolute Gasteiger partial charge is 0.123 e. The molecule has 1 aliphatic rings. The van der Waals surface area contributed by atoms with Crippen LogP contribution in [0.5, 0.6) is 5.75 Å². The fraction of sp³-hybridized carbons (Fsp3) is 0.400. The van der Waals surface area contributed by atoms with Crippen molar-refractivity contribution in [1.82, 2.24) is 4.98 Å². The first-order chi connectivity index (χ1) is 9.83. The minimum atomic E-state index is 0.306. The Morgan fingerprint density at radius 3 is 3.10 bits per heavy atom. The molecule has 4 nitrogen and oxygen atoms in total. The van der Waals surface area contributed by atoms with E-state index in [1.165, 1.54) is 5.56 Å². The Bertz CT molecular complexity index is 597. The Balaban J connectivity index is 1.98. The molecular weight excluding hydrogens is 272 g/mol. The quantitative estimate of drug-likeness (QED) is 0.940. The summed E-state index contributed by atoms with van der Waals surface area (Å²) in [6.45, 7) is 1.77. The number of hydrogen-bond acceptors (Lipinski definition) is 5. The zero-order chi connectivity index (χ0) is 13.9. The van der Waals surface area contributed by atoms with Gasteiger partial charge in [0.25, 0.3) is 0 Å². The van der Waals surface area contributed by atoms with E-state index < -0.39 is 0 Å². The molecule has 0 radical (unpaired) electrons. The summed E-state index contributed by atoms with van der Waals surface area (Å²) in [5, 5.41) is 1.12. The lowest BCUT2D eigenvalue weighted by Crippen LogP contribution is -2.15. The molecule has 2 aromatic rings. The Morgan fingerprint density at radius 1 is 1.45 bits per heavy atom. The van der Waals surface area contributed by atoms with Gasteiger partial charge in [0.05, 0.1) is 18.9 Å². The topological polar surface area (TPSA) is 57.4 Å². The molecule has 2 N–H and O–H groups in total. The molecule has 1 unspecified atom stereocenters. The van der Waals surface area contributed by atoms with E-state index in [0.717, 1.165) is 34.4 Å². The second-order valence-corrected chi connectivity index (χ2v) is 5.90. The number of para-hydroxylation sites is 1. The lowest BCUT2D eigenvalue weighted by atomic mass is 9.94. The van der Waals surface area contributed by atoms with Crippen LogP contribution in [0.3, 0.4) is 0 Å². The Morgan fingerprint density at radius 2 is 2.30 bits per heavy atom. The van der Waals surface area contributed by atoms with E-state index in [1.807, 2.05) is 18.2 Å². The number of aromatic nitrogens is 1. The van der Waals surface area contributed by atoms with Gasteiger partial charge in [0.2, 0.25) is 0 Å². The molecule has 0 saturated heterocycles. The van der Waals surface area contributed by atoms with Crippen LogP contribution in [0.1, 0.15) is 33.5 Å². The predicted octanol–water partition coefficient (Wildman–Crippen LogP) is 2.66. The minimum Gasteiger partial charge on any atom is -0.493 e. The Hall–Kier alpha value is -1.43. The minimum absolute atomic E-state index is 0.306. The lowest BCUT2D eigenvalue weighted by Gasteiger charge is -2.24. The van der Waals surface area contributed by atoms with E-state index in [2.05, 4.69) is 6.07 Å². The van der Waals surface area contributed by atoms with Gasteiger partial charge in [0.1, 0.15) is 10.8 Å². The van der Waals surface area contributed by atoms with Crippen LogP contribution in [0.2, 0.25) is 0 Å². The van der Waals surface area contributed by atoms with Crippen LogP contribution in [-0.2, 0) is 17.9 Å². The molecule has 0 saturated carbocycles. The van der Waals surface area contributed by atoms with Crippen LogP contribution >= 0.6 is 11.3 Å². The van der Waals surface area contributed by atoms with Gasteiger partial charge in [-0.3, -0.25) is 0 Å². The summed E-state index contributed by atoms with van der Waals surface area (Å²) >= 11 is 1.70. The Labute approximate surface area is 122 Å². The fourth-order valence-corrected chi connectivity index (χ4v) is 3.66. The second kappa shape index (κ2) is 5.91. The van der Waals surface area contributed by atoms with Crippen LogP contribution < -0.4 is 10.5 Å². The third-order valence-electron chi connectivity index (χ3n) is 3.52. The summed E-state index contributed by atoms with van der Waals surface area (Å²) < 4.78 is 10.9. The van der Waals surface area contributed by atoms with Gasteiger partial charge in [0, 0.05) is 30.0 Å². The van der Waals surface area contributed by atoms with Crippen molar-refractivity contribution in [2.24, 2.45) is 5.73 Å². The maximum Gasteiger partial charge on any atom is 0.123 e. The number of benzene rings is 1. The van der Waals surface area contributed by atoms with E-state index in [-0.39, 0.29) is 0 Å². The van der Waals surface area contributed by atoms with Crippen LogP contribution in [-0.4, -0.2) is 18.7 Å². The molecule has 0 spiro atoms. The summed E-state index contributed by atoms with van der Waals surface area (Å²) in [5.74, 6) is 1.28. The molecule has 1 aromatic heterocycles. The number of thiazole rings is 1. The van der Waals surface area contributed by atoms with Crippen molar-refractivity contribution in [3.05, 3.63) is 45.4 Å². The van der Waals surface area contributed by atoms with Crippen LogP contribution in [0.25, 0.3) is 0 Å².